The average Bonchev–Trinajstić information content (AvgIpc) is 2.74. The molecule has 0 saturated carbocycles. The summed E-state index contributed by atoms with van der Waals surface area (Å²) in [5, 5.41) is 3.67. The predicted octanol–water partition coefficient (Wildman–Crippen LogP) is 3.65. The molecule has 6 nitrogen and oxygen atoms in total. The second-order valence-corrected chi connectivity index (χ2v) is 8.27. The number of carbonyl (C=O) groups is 2. The fourth-order valence-corrected chi connectivity index (χ4v) is 4.68. The van der Waals surface area contributed by atoms with Gasteiger partial charge in [0.05, 0.1) is 6.04 Å². The molecule has 158 valence electrons. The van der Waals surface area contributed by atoms with Crippen LogP contribution in [-0.4, -0.2) is 48.9 Å². The molecule has 0 aromatic heterocycles. The third-order valence-electron chi connectivity index (χ3n) is 6.23. The number of amides is 2. The Balaban J connectivity index is 1.47. The summed E-state index contributed by atoms with van der Waals surface area (Å²) < 4.78 is 0. The molecule has 2 heterocycles. The highest BCUT2D eigenvalue weighted by Gasteiger charge is 2.32. The number of nitrogens with zero attached hydrogens (tertiary/aromatic N) is 3. The molecular weight excluding hydrogens is 376 g/mol. The van der Waals surface area contributed by atoms with E-state index < -0.39 is 0 Å². The summed E-state index contributed by atoms with van der Waals surface area (Å²) in [6, 6.07) is 17.0. The smallest absolute Gasteiger partial charge is 0.224 e. The lowest BCUT2D eigenvalue weighted by Gasteiger charge is -2.39. The largest absolute Gasteiger partial charge is 0.378 e. The minimum Gasteiger partial charge on any atom is -0.378 e. The fraction of sp³-hybridized carbons (Fsp3) is 0.417. The summed E-state index contributed by atoms with van der Waals surface area (Å²) >= 11 is 0. The number of carbonyl (C=O) groups excluding carboxylic acids is 2. The Kier molecular flexibility index (Phi) is 5.66. The topological polar surface area (TPSA) is 55.9 Å². The molecule has 1 N–H and O–H groups in total. The Labute approximate surface area is 178 Å². The van der Waals surface area contributed by atoms with Crippen molar-refractivity contribution < 1.29 is 9.59 Å². The van der Waals surface area contributed by atoms with Gasteiger partial charge in [0, 0.05) is 63.1 Å². The normalized spacial score (nSPS) is 21.2. The first kappa shape index (κ1) is 20.3. The Hall–Kier alpha value is -3.02. The third kappa shape index (κ3) is 3.99. The molecular formula is C24H30N4O2. The van der Waals surface area contributed by atoms with Crippen LogP contribution >= 0.6 is 0 Å². The van der Waals surface area contributed by atoms with Gasteiger partial charge < -0.3 is 20.0 Å². The van der Waals surface area contributed by atoms with Gasteiger partial charge in [-0.25, -0.2) is 0 Å². The number of piperazine rings is 1. The first-order valence-corrected chi connectivity index (χ1v) is 10.7. The van der Waals surface area contributed by atoms with Crippen LogP contribution in [0, 0.1) is 0 Å². The number of benzene rings is 2. The van der Waals surface area contributed by atoms with Gasteiger partial charge in [0.1, 0.15) is 0 Å². The molecule has 0 spiro atoms. The standard InChI is InChI=1S/C24H30N4O2/c1-17-16-23(22-6-4-5-7-24(22)28(17)19(3)30)25-20-8-10-21(11-9-20)27-14-12-26(13-15-27)18(2)29/h4-11,17,23,25H,12-16H2,1-3H3. The lowest BCUT2D eigenvalue weighted by molar-refractivity contribution is -0.129. The van der Waals surface area contributed by atoms with Crippen LogP contribution in [0.15, 0.2) is 48.5 Å². The summed E-state index contributed by atoms with van der Waals surface area (Å²) in [5.74, 6) is 0.238. The lowest BCUT2D eigenvalue weighted by Crippen LogP contribution is -2.48. The first-order valence-electron chi connectivity index (χ1n) is 10.7. The highest BCUT2D eigenvalue weighted by molar-refractivity contribution is 5.93. The highest BCUT2D eigenvalue weighted by Crippen LogP contribution is 2.39. The number of fused-ring (bicyclic) bond motifs is 1. The molecule has 6 heteroatoms. The van der Waals surface area contributed by atoms with Crippen LogP contribution in [0.4, 0.5) is 17.1 Å². The van der Waals surface area contributed by atoms with Crippen molar-refractivity contribution in [3.8, 4) is 0 Å². The zero-order valence-corrected chi connectivity index (χ0v) is 18.0. The number of nitrogens with one attached hydrogen (secondary N) is 1. The maximum absolute atomic E-state index is 12.2. The van der Waals surface area contributed by atoms with Crippen molar-refractivity contribution in [2.75, 3.05) is 41.3 Å². The maximum atomic E-state index is 12.2. The van der Waals surface area contributed by atoms with E-state index in [1.807, 2.05) is 28.0 Å². The molecule has 2 amide bonds. The molecule has 30 heavy (non-hydrogen) atoms. The maximum Gasteiger partial charge on any atom is 0.224 e. The molecule has 4 rings (SSSR count). The molecule has 2 aliphatic heterocycles. The van der Waals surface area contributed by atoms with E-state index in [1.54, 1.807) is 13.8 Å². The Morgan fingerprint density at radius 2 is 1.57 bits per heavy atom. The third-order valence-corrected chi connectivity index (χ3v) is 6.23. The van der Waals surface area contributed by atoms with Crippen LogP contribution < -0.4 is 15.1 Å². The lowest BCUT2D eigenvalue weighted by atomic mass is 9.91. The van der Waals surface area contributed by atoms with Crippen molar-refractivity contribution in [1.82, 2.24) is 4.90 Å². The zero-order valence-electron chi connectivity index (χ0n) is 18.0. The van der Waals surface area contributed by atoms with Gasteiger partial charge in [-0.2, -0.15) is 0 Å². The van der Waals surface area contributed by atoms with Crippen LogP contribution in [0.5, 0.6) is 0 Å². The summed E-state index contributed by atoms with van der Waals surface area (Å²) in [4.78, 5) is 29.8. The van der Waals surface area contributed by atoms with Crippen molar-refractivity contribution in [3.63, 3.8) is 0 Å². The van der Waals surface area contributed by atoms with E-state index in [4.69, 9.17) is 0 Å². The number of hydrogen-bond acceptors (Lipinski definition) is 4. The van der Waals surface area contributed by atoms with Crippen LogP contribution in [0.2, 0.25) is 0 Å². The molecule has 2 aromatic rings. The molecule has 0 bridgehead atoms. The van der Waals surface area contributed by atoms with Crippen molar-refractivity contribution in [3.05, 3.63) is 54.1 Å². The van der Waals surface area contributed by atoms with Crippen molar-refractivity contribution in [2.45, 2.75) is 39.3 Å². The number of anilines is 3. The molecule has 0 aliphatic carbocycles. The summed E-state index contributed by atoms with van der Waals surface area (Å²) in [7, 11) is 0. The summed E-state index contributed by atoms with van der Waals surface area (Å²) in [6.45, 7) is 8.65. The van der Waals surface area contributed by atoms with E-state index in [1.165, 1.54) is 5.69 Å². The number of hydrogen-bond donors (Lipinski definition) is 1. The van der Waals surface area contributed by atoms with E-state index in [9.17, 15) is 9.59 Å². The van der Waals surface area contributed by atoms with Crippen LogP contribution in [0.25, 0.3) is 0 Å². The zero-order chi connectivity index (χ0) is 21.3. The van der Waals surface area contributed by atoms with Gasteiger partial charge in [-0.15, -0.1) is 0 Å². The van der Waals surface area contributed by atoms with Crippen LogP contribution in [-0.2, 0) is 9.59 Å². The Bertz CT molecular complexity index is 919. The summed E-state index contributed by atoms with van der Waals surface area (Å²) in [6.07, 6.45) is 0.866. The van der Waals surface area contributed by atoms with Crippen LogP contribution in [0.3, 0.4) is 0 Å². The van der Waals surface area contributed by atoms with Gasteiger partial charge in [0.25, 0.3) is 0 Å². The van der Waals surface area contributed by atoms with Crippen molar-refractivity contribution in [2.24, 2.45) is 0 Å². The molecule has 2 atom stereocenters. The van der Waals surface area contributed by atoms with Gasteiger partial charge in [0.2, 0.25) is 11.8 Å². The fourth-order valence-electron chi connectivity index (χ4n) is 4.68. The van der Waals surface area contributed by atoms with Gasteiger partial charge in [-0.05, 0) is 49.2 Å². The quantitative estimate of drug-likeness (QED) is 0.845. The van der Waals surface area contributed by atoms with E-state index in [-0.39, 0.29) is 23.9 Å². The average molecular weight is 407 g/mol. The minimum atomic E-state index is 0.0858. The molecule has 2 unspecified atom stereocenters. The number of rotatable bonds is 3. The molecule has 0 radical (unpaired) electrons. The highest BCUT2D eigenvalue weighted by atomic mass is 16.2. The first-order chi connectivity index (χ1) is 14.4. The second-order valence-electron chi connectivity index (χ2n) is 8.27. The number of para-hydroxylation sites is 1. The van der Waals surface area contributed by atoms with Gasteiger partial charge in [-0.3, -0.25) is 9.59 Å². The minimum absolute atomic E-state index is 0.0858. The molecule has 2 aromatic carbocycles. The van der Waals surface area contributed by atoms with E-state index in [0.717, 1.165) is 49.5 Å². The Morgan fingerprint density at radius 3 is 2.20 bits per heavy atom. The summed E-state index contributed by atoms with van der Waals surface area (Å²) in [5.41, 5.74) is 4.42. The van der Waals surface area contributed by atoms with Crippen molar-refractivity contribution >= 4 is 28.9 Å². The van der Waals surface area contributed by atoms with Gasteiger partial charge in [-0.1, -0.05) is 18.2 Å². The van der Waals surface area contributed by atoms with E-state index in [2.05, 4.69) is 47.5 Å². The van der Waals surface area contributed by atoms with Gasteiger partial charge >= 0.3 is 0 Å². The monoisotopic (exact) mass is 406 g/mol. The molecule has 1 saturated heterocycles. The van der Waals surface area contributed by atoms with Crippen molar-refractivity contribution in [1.29, 1.82) is 0 Å². The van der Waals surface area contributed by atoms with E-state index in [0.29, 0.717) is 0 Å². The molecule has 2 aliphatic rings. The second kappa shape index (κ2) is 8.38. The van der Waals surface area contributed by atoms with Gasteiger partial charge in [0.15, 0.2) is 0 Å². The van der Waals surface area contributed by atoms with E-state index >= 15 is 0 Å². The van der Waals surface area contributed by atoms with Crippen LogP contribution in [0.1, 0.15) is 38.8 Å². The predicted molar refractivity (Wildman–Crippen MR) is 121 cm³/mol. The Morgan fingerprint density at radius 1 is 0.900 bits per heavy atom. The SMILES string of the molecule is CC(=O)N1CCN(c2ccc(NC3CC(C)N(C(C)=O)c4ccccc43)cc2)CC1. The molecule has 1 fully saturated rings.